The molecule has 19 heavy (non-hydrogen) atoms. The molecule has 0 saturated carbocycles. The van der Waals surface area contributed by atoms with Gasteiger partial charge in [-0.15, -0.1) is 11.3 Å². The maximum Gasteiger partial charge on any atom is 0.126 e. The normalized spacial score (nSPS) is 12.9. The van der Waals surface area contributed by atoms with Crippen molar-refractivity contribution in [2.45, 2.75) is 39.8 Å². The van der Waals surface area contributed by atoms with E-state index >= 15 is 0 Å². The van der Waals surface area contributed by atoms with Crippen molar-refractivity contribution < 1.29 is 4.39 Å². The number of nitrogens with zero attached hydrogens (tertiary/aromatic N) is 1. The Hall–Kier alpha value is -1.26. The van der Waals surface area contributed by atoms with Crippen LogP contribution < -0.4 is 5.32 Å². The molecular weight excluding hydrogens is 259 g/mol. The average Bonchev–Trinajstić information content (AvgIpc) is 2.76. The zero-order valence-electron chi connectivity index (χ0n) is 11.7. The lowest BCUT2D eigenvalue weighted by atomic mass is 10.0. The molecule has 1 aromatic carbocycles. The standard InChI is InChI=1S/C15H19FN2S/c1-9(2)17-14(15-18-11(4)8-19-15)12-5-6-13(16)10(3)7-12/h5-9,14,17H,1-4H3. The molecule has 0 aliphatic rings. The van der Waals surface area contributed by atoms with Crippen LogP contribution >= 0.6 is 11.3 Å². The first-order valence-electron chi connectivity index (χ1n) is 6.41. The molecule has 0 radical (unpaired) electrons. The molecule has 1 aromatic heterocycles. The molecule has 0 aliphatic heterocycles. The van der Waals surface area contributed by atoms with E-state index in [0.29, 0.717) is 11.6 Å². The quantitative estimate of drug-likeness (QED) is 0.915. The van der Waals surface area contributed by atoms with Crippen molar-refractivity contribution >= 4 is 11.3 Å². The van der Waals surface area contributed by atoms with E-state index in [2.05, 4.69) is 24.1 Å². The highest BCUT2D eigenvalue weighted by Crippen LogP contribution is 2.26. The molecule has 2 rings (SSSR count). The number of nitrogens with one attached hydrogen (secondary N) is 1. The SMILES string of the molecule is Cc1csc(C(NC(C)C)c2ccc(F)c(C)c2)n1. The summed E-state index contributed by atoms with van der Waals surface area (Å²) in [6.45, 7) is 7.98. The molecule has 102 valence electrons. The minimum absolute atomic E-state index is 0.0259. The van der Waals surface area contributed by atoms with Crippen LogP contribution in [0, 0.1) is 19.7 Å². The van der Waals surface area contributed by atoms with Gasteiger partial charge in [0.1, 0.15) is 10.8 Å². The Morgan fingerprint density at radius 2 is 2.00 bits per heavy atom. The predicted molar refractivity (Wildman–Crippen MR) is 78.1 cm³/mol. The Morgan fingerprint density at radius 1 is 1.26 bits per heavy atom. The van der Waals surface area contributed by atoms with Crippen LogP contribution in [0.5, 0.6) is 0 Å². The van der Waals surface area contributed by atoms with Crippen LogP contribution in [-0.4, -0.2) is 11.0 Å². The number of hydrogen-bond donors (Lipinski definition) is 1. The van der Waals surface area contributed by atoms with E-state index in [1.807, 2.05) is 24.4 Å². The van der Waals surface area contributed by atoms with Crippen molar-refractivity contribution in [1.82, 2.24) is 10.3 Å². The second-order valence-corrected chi connectivity index (χ2v) is 5.98. The number of benzene rings is 1. The lowest BCUT2D eigenvalue weighted by molar-refractivity contribution is 0.525. The number of hydrogen-bond acceptors (Lipinski definition) is 3. The van der Waals surface area contributed by atoms with Gasteiger partial charge < -0.3 is 5.32 Å². The summed E-state index contributed by atoms with van der Waals surface area (Å²) in [4.78, 5) is 4.55. The molecule has 0 bridgehead atoms. The van der Waals surface area contributed by atoms with Crippen molar-refractivity contribution in [2.75, 3.05) is 0 Å². The van der Waals surface area contributed by atoms with E-state index in [0.717, 1.165) is 16.3 Å². The Bertz CT molecular complexity index is 563. The van der Waals surface area contributed by atoms with Gasteiger partial charge in [-0.3, -0.25) is 0 Å². The Kier molecular flexibility index (Phi) is 4.32. The molecule has 0 aliphatic carbocycles. The largest absolute Gasteiger partial charge is 0.302 e. The number of aromatic nitrogens is 1. The minimum atomic E-state index is -0.164. The predicted octanol–water partition coefficient (Wildman–Crippen LogP) is 3.99. The zero-order valence-corrected chi connectivity index (χ0v) is 12.5. The lowest BCUT2D eigenvalue weighted by Gasteiger charge is -2.20. The third-order valence-electron chi connectivity index (χ3n) is 2.90. The van der Waals surface area contributed by atoms with Gasteiger partial charge in [-0.25, -0.2) is 9.37 Å². The fourth-order valence-electron chi connectivity index (χ4n) is 2.00. The van der Waals surface area contributed by atoms with Gasteiger partial charge in [0.25, 0.3) is 0 Å². The van der Waals surface area contributed by atoms with E-state index < -0.39 is 0 Å². The first-order chi connectivity index (χ1) is 8.97. The topological polar surface area (TPSA) is 24.9 Å². The van der Waals surface area contributed by atoms with Gasteiger partial charge in [0.2, 0.25) is 0 Å². The van der Waals surface area contributed by atoms with Gasteiger partial charge in [-0.1, -0.05) is 12.1 Å². The fourth-order valence-corrected chi connectivity index (χ4v) is 2.88. The summed E-state index contributed by atoms with van der Waals surface area (Å²) in [5, 5.41) is 6.57. The van der Waals surface area contributed by atoms with Crippen LogP contribution in [0.4, 0.5) is 4.39 Å². The number of aryl methyl sites for hydroxylation is 2. The van der Waals surface area contributed by atoms with E-state index in [9.17, 15) is 4.39 Å². The van der Waals surface area contributed by atoms with Crippen LogP contribution in [0.2, 0.25) is 0 Å². The average molecular weight is 278 g/mol. The second-order valence-electron chi connectivity index (χ2n) is 5.09. The highest BCUT2D eigenvalue weighted by Gasteiger charge is 2.18. The monoisotopic (exact) mass is 278 g/mol. The summed E-state index contributed by atoms with van der Waals surface area (Å²) >= 11 is 1.64. The fraction of sp³-hybridized carbons (Fsp3) is 0.400. The highest BCUT2D eigenvalue weighted by atomic mass is 32.1. The van der Waals surface area contributed by atoms with Gasteiger partial charge in [0.15, 0.2) is 0 Å². The summed E-state index contributed by atoms with van der Waals surface area (Å²) in [6.07, 6.45) is 0. The van der Waals surface area contributed by atoms with Crippen LogP contribution in [0.1, 0.15) is 41.7 Å². The van der Waals surface area contributed by atoms with E-state index in [-0.39, 0.29) is 11.9 Å². The van der Waals surface area contributed by atoms with Crippen molar-refractivity contribution in [2.24, 2.45) is 0 Å². The summed E-state index contributed by atoms with van der Waals surface area (Å²) in [7, 11) is 0. The zero-order chi connectivity index (χ0) is 14.0. The summed E-state index contributed by atoms with van der Waals surface area (Å²) in [6, 6.07) is 5.61. The Morgan fingerprint density at radius 3 is 2.53 bits per heavy atom. The third-order valence-corrected chi connectivity index (χ3v) is 3.93. The molecule has 1 unspecified atom stereocenters. The van der Waals surface area contributed by atoms with Crippen LogP contribution in [-0.2, 0) is 0 Å². The van der Waals surface area contributed by atoms with Gasteiger partial charge in [0, 0.05) is 17.1 Å². The third kappa shape index (κ3) is 3.39. The lowest BCUT2D eigenvalue weighted by Crippen LogP contribution is -2.29. The maximum atomic E-state index is 13.4. The molecule has 2 nitrogen and oxygen atoms in total. The molecule has 1 atom stereocenters. The molecule has 1 N–H and O–H groups in total. The second kappa shape index (κ2) is 5.80. The van der Waals surface area contributed by atoms with Gasteiger partial charge in [0.05, 0.1) is 6.04 Å². The van der Waals surface area contributed by atoms with Gasteiger partial charge in [-0.2, -0.15) is 0 Å². The molecule has 0 amide bonds. The maximum absolute atomic E-state index is 13.4. The number of rotatable bonds is 4. The van der Waals surface area contributed by atoms with Gasteiger partial charge >= 0.3 is 0 Å². The van der Waals surface area contributed by atoms with E-state index in [1.165, 1.54) is 6.07 Å². The summed E-state index contributed by atoms with van der Waals surface area (Å²) < 4.78 is 13.4. The van der Waals surface area contributed by atoms with Crippen molar-refractivity contribution in [1.29, 1.82) is 0 Å². The Balaban J connectivity index is 2.39. The van der Waals surface area contributed by atoms with Crippen molar-refractivity contribution in [3.05, 3.63) is 51.2 Å². The molecular formula is C15H19FN2S. The minimum Gasteiger partial charge on any atom is -0.302 e. The van der Waals surface area contributed by atoms with Crippen LogP contribution in [0.25, 0.3) is 0 Å². The van der Waals surface area contributed by atoms with Gasteiger partial charge in [-0.05, 0) is 44.9 Å². The van der Waals surface area contributed by atoms with E-state index in [1.54, 1.807) is 18.3 Å². The number of thiazole rings is 1. The Labute approximate surface area is 117 Å². The molecule has 1 heterocycles. The molecule has 0 saturated heterocycles. The number of halogens is 1. The molecule has 4 heteroatoms. The summed E-state index contributed by atoms with van der Waals surface area (Å²) in [5.41, 5.74) is 2.75. The molecule has 2 aromatic rings. The molecule has 0 fully saturated rings. The van der Waals surface area contributed by atoms with E-state index in [4.69, 9.17) is 0 Å². The smallest absolute Gasteiger partial charge is 0.126 e. The first kappa shape index (κ1) is 14.2. The highest BCUT2D eigenvalue weighted by molar-refractivity contribution is 7.09. The van der Waals surface area contributed by atoms with Crippen LogP contribution in [0.3, 0.4) is 0 Å². The summed E-state index contributed by atoms with van der Waals surface area (Å²) in [5.74, 6) is -0.164. The van der Waals surface area contributed by atoms with Crippen LogP contribution in [0.15, 0.2) is 23.6 Å². The first-order valence-corrected chi connectivity index (χ1v) is 7.29. The van der Waals surface area contributed by atoms with Crippen molar-refractivity contribution in [3.8, 4) is 0 Å². The molecule has 0 spiro atoms. The van der Waals surface area contributed by atoms with Crippen molar-refractivity contribution in [3.63, 3.8) is 0 Å².